The number of nitrogens with one attached hydrogen (secondary N) is 1. The van der Waals surface area contributed by atoms with E-state index >= 15 is 0 Å². The van der Waals surface area contributed by atoms with Crippen LogP contribution in [-0.4, -0.2) is 47.8 Å². The molecule has 1 aliphatic heterocycles. The molecule has 0 aliphatic carbocycles. The van der Waals surface area contributed by atoms with E-state index in [0.717, 1.165) is 0 Å². The van der Waals surface area contributed by atoms with Gasteiger partial charge in [-0.25, -0.2) is 0 Å². The number of carbonyl (C=O) groups is 2. The van der Waals surface area contributed by atoms with Gasteiger partial charge in [-0.15, -0.1) is 0 Å². The first-order chi connectivity index (χ1) is 14.3. The van der Waals surface area contributed by atoms with E-state index in [1.807, 2.05) is 23.6 Å². The molecule has 0 radical (unpaired) electrons. The van der Waals surface area contributed by atoms with Gasteiger partial charge in [0.2, 0.25) is 5.91 Å². The fourth-order valence-electron chi connectivity index (χ4n) is 3.41. The molecular weight excluding hydrogens is 408 g/mol. The average molecular weight is 431 g/mol. The third-order valence-electron chi connectivity index (χ3n) is 4.96. The SMILES string of the molecule is CC(C)C(=O)N1CCN(c2c(Cl)cccc2NC(=O)c2cccc([N+](=O)[O-])c2)CC1. The third kappa shape index (κ3) is 4.71. The van der Waals surface area contributed by atoms with Crippen LogP contribution in [0.3, 0.4) is 0 Å². The lowest BCUT2D eigenvalue weighted by Crippen LogP contribution is -2.50. The molecule has 0 aromatic heterocycles. The number of benzene rings is 2. The summed E-state index contributed by atoms with van der Waals surface area (Å²) in [5.41, 5.74) is 1.22. The quantitative estimate of drug-likeness (QED) is 0.574. The minimum absolute atomic E-state index is 0.0540. The Hall–Kier alpha value is -3.13. The van der Waals surface area contributed by atoms with Crippen LogP contribution in [0.5, 0.6) is 0 Å². The molecule has 1 N–H and O–H groups in total. The lowest BCUT2D eigenvalue weighted by molar-refractivity contribution is -0.384. The van der Waals surface area contributed by atoms with Gasteiger partial charge >= 0.3 is 0 Å². The zero-order chi connectivity index (χ0) is 21.8. The summed E-state index contributed by atoms with van der Waals surface area (Å²) in [5, 5.41) is 14.3. The van der Waals surface area contributed by atoms with Crippen molar-refractivity contribution in [2.45, 2.75) is 13.8 Å². The van der Waals surface area contributed by atoms with Gasteiger partial charge in [-0.1, -0.05) is 37.6 Å². The largest absolute Gasteiger partial charge is 0.365 e. The topological polar surface area (TPSA) is 95.8 Å². The van der Waals surface area contributed by atoms with Gasteiger partial charge in [0.25, 0.3) is 11.6 Å². The summed E-state index contributed by atoms with van der Waals surface area (Å²) in [4.78, 5) is 39.2. The lowest BCUT2D eigenvalue weighted by Gasteiger charge is -2.38. The maximum absolute atomic E-state index is 12.7. The predicted molar refractivity (Wildman–Crippen MR) is 116 cm³/mol. The van der Waals surface area contributed by atoms with E-state index < -0.39 is 10.8 Å². The van der Waals surface area contributed by atoms with Crippen LogP contribution in [0.1, 0.15) is 24.2 Å². The van der Waals surface area contributed by atoms with Crippen LogP contribution in [0.4, 0.5) is 17.1 Å². The second kappa shape index (κ2) is 9.13. The van der Waals surface area contributed by atoms with Crippen molar-refractivity contribution in [2.75, 3.05) is 36.4 Å². The van der Waals surface area contributed by atoms with E-state index in [-0.39, 0.29) is 23.1 Å². The van der Waals surface area contributed by atoms with Crippen LogP contribution in [0, 0.1) is 16.0 Å². The van der Waals surface area contributed by atoms with Crippen LogP contribution >= 0.6 is 11.6 Å². The number of nitro groups is 1. The van der Waals surface area contributed by atoms with E-state index in [4.69, 9.17) is 11.6 Å². The first-order valence-electron chi connectivity index (χ1n) is 9.66. The molecule has 1 fully saturated rings. The lowest BCUT2D eigenvalue weighted by atomic mass is 10.1. The number of halogens is 1. The number of hydrogen-bond acceptors (Lipinski definition) is 5. The zero-order valence-corrected chi connectivity index (χ0v) is 17.6. The van der Waals surface area contributed by atoms with Gasteiger partial charge in [0.15, 0.2) is 0 Å². The third-order valence-corrected chi connectivity index (χ3v) is 5.26. The molecule has 1 aliphatic rings. The van der Waals surface area contributed by atoms with Crippen LogP contribution in [0.15, 0.2) is 42.5 Å². The number of piperazine rings is 1. The highest BCUT2D eigenvalue weighted by molar-refractivity contribution is 6.34. The first-order valence-corrected chi connectivity index (χ1v) is 10.0. The molecule has 8 nitrogen and oxygen atoms in total. The molecule has 0 saturated carbocycles. The summed E-state index contributed by atoms with van der Waals surface area (Å²) in [6.45, 7) is 6.07. The molecule has 0 atom stereocenters. The minimum Gasteiger partial charge on any atom is -0.365 e. The molecule has 9 heteroatoms. The summed E-state index contributed by atoms with van der Waals surface area (Å²) in [7, 11) is 0. The van der Waals surface area contributed by atoms with Crippen LogP contribution in [0.25, 0.3) is 0 Å². The Morgan fingerprint density at radius 2 is 1.77 bits per heavy atom. The highest BCUT2D eigenvalue weighted by Crippen LogP contribution is 2.35. The molecule has 0 bridgehead atoms. The van der Waals surface area contributed by atoms with Crippen molar-refractivity contribution in [3.05, 3.63) is 63.2 Å². The van der Waals surface area contributed by atoms with Gasteiger partial charge in [-0.2, -0.15) is 0 Å². The maximum Gasteiger partial charge on any atom is 0.270 e. The Kier molecular flexibility index (Phi) is 6.56. The molecule has 0 spiro atoms. The highest BCUT2D eigenvalue weighted by atomic mass is 35.5. The Morgan fingerprint density at radius 1 is 1.10 bits per heavy atom. The Balaban J connectivity index is 1.79. The smallest absolute Gasteiger partial charge is 0.270 e. The second-order valence-electron chi connectivity index (χ2n) is 7.36. The molecular formula is C21H23ClN4O4. The monoisotopic (exact) mass is 430 g/mol. The molecule has 0 unspecified atom stereocenters. The summed E-state index contributed by atoms with van der Waals surface area (Å²) in [6.07, 6.45) is 0. The second-order valence-corrected chi connectivity index (χ2v) is 7.77. The number of nitro benzene ring substituents is 1. The number of rotatable bonds is 5. The van der Waals surface area contributed by atoms with Crippen molar-refractivity contribution in [1.29, 1.82) is 0 Å². The molecule has 2 aromatic carbocycles. The molecule has 2 aromatic rings. The Morgan fingerprint density at radius 3 is 2.40 bits per heavy atom. The van der Waals surface area contributed by atoms with Crippen LogP contribution in [-0.2, 0) is 4.79 Å². The molecule has 2 amide bonds. The fourth-order valence-corrected chi connectivity index (χ4v) is 3.70. The number of nitrogens with zero attached hydrogens (tertiary/aromatic N) is 3. The number of non-ortho nitro benzene ring substituents is 1. The molecule has 1 heterocycles. The molecule has 1 saturated heterocycles. The average Bonchev–Trinajstić information content (AvgIpc) is 2.73. The number of hydrogen-bond donors (Lipinski definition) is 1. The fraction of sp³-hybridized carbons (Fsp3) is 0.333. The van der Waals surface area contributed by atoms with E-state index in [1.165, 1.54) is 24.3 Å². The van der Waals surface area contributed by atoms with Crippen molar-refractivity contribution in [3.63, 3.8) is 0 Å². The van der Waals surface area contributed by atoms with Crippen LogP contribution in [0.2, 0.25) is 5.02 Å². The Bertz CT molecular complexity index is 971. The number of carbonyl (C=O) groups excluding carboxylic acids is 2. The Labute approximate surface area is 179 Å². The van der Waals surface area contributed by atoms with Gasteiger partial charge < -0.3 is 15.1 Å². The number of anilines is 2. The van der Waals surface area contributed by atoms with E-state index in [0.29, 0.717) is 42.6 Å². The van der Waals surface area contributed by atoms with Gasteiger partial charge in [-0.3, -0.25) is 19.7 Å². The van der Waals surface area contributed by atoms with Crippen molar-refractivity contribution >= 4 is 40.5 Å². The summed E-state index contributed by atoms with van der Waals surface area (Å²) in [6, 6.07) is 10.8. The standard InChI is InChI=1S/C21H23ClN4O4/c1-14(2)21(28)25-11-9-24(10-12-25)19-17(22)7-4-8-18(19)23-20(27)15-5-3-6-16(13-15)26(29)30/h3-8,13-14H,9-12H2,1-2H3,(H,23,27). The molecule has 3 rings (SSSR count). The van der Waals surface area contributed by atoms with Gasteiger partial charge in [-0.05, 0) is 18.2 Å². The summed E-state index contributed by atoms with van der Waals surface area (Å²) < 4.78 is 0. The van der Waals surface area contributed by atoms with Crippen molar-refractivity contribution in [2.24, 2.45) is 5.92 Å². The van der Waals surface area contributed by atoms with E-state index in [1.54, 1.807) is 18.2 Å². The number of para-hydroxylation sites is 1. The normalized spacial score (nSPS) is 14.0. The minimum atomic E-state index is -0.542. The van der Waals surface area contributed by atoms with Gasteiger partial charge in [0.05, 0.1) is 21.3 Å². The molecule has 30 heavy (non-hydrogen) atoms. The van der Waals surface area contributed by atoms with Crippen molar-refractivity contribution < 1.29 is 14.5 Å². The first kappa shape index (κ1) is 21.6. The van der Waals surface area contributed by atoms with Crippen molar-refractivity contribution in [3.8, 4) is 0 Å². The highest BCUT2D eigenvalue weighted by Gasteiger charge is 2.26. The van der Waals surface area contributed by atoms with E-state index in [2.05, 4.69) is 5.32 Å². The summed E-state index contributed by atoms with van der Waals surface area (Å²) in [5.74, 6) is -0.398. The van der Waals surface area contributed by atoms with Crippen molar-refractivity contribution in [1.82, 2.24) is 4.90 Å². The predicted octanol–water partition coefficient (Wildman–Crippen LogP) is 3.81. The zero-order valence-electron chi connectivity index (χ0n) is 16.8. The number of amides is 2. The van der Waals surface area contributed by atoms with Gasteiger partial charge in [0, 0.05) is 49.8 Å². The molecule has 158 valence electrons. The summed E-state index contributed by atoms with van der Waals surface area (Å²) >= 11 is 6.45. The maximum atomic E-state index is 12.7. The van der Waals surface area contributed by atoms with Gasteiger partial charge in [0.1, 0.15) is 0 Å². The van der Waals surface area contributed by atoms with Crippen LogP contribution < -0.4 is 10.2 Å². The van der Waals surface area contributed by atoms with E-state index in [9.17, 15) is 19.7 Å².